The molecule has 7 nitrogen and oxygen atoms in total. The van der Waals surface area contributed by atoms with E-state index in [1.54, 1.807) is 4.90 Å². The molecule has 0 spiro atoms. The number of ether oxygens (including phenoxy) is 2. The zero-order valence-corrected chi connectivity index (χ0v) is 15.8. The fourth-order valence-electron chi connectivity index (χ4n) is 4.16. The van der Waals surface area contributed by atoms with Crippen LogP contribution >= 0.6 is 0 Å². The molecular weight excluding hydrogens is 346 g/mol. The lowest BCUT2D eigenvalue weighted by Gasteiger charge is -2.32. The minimum Gasteiger partial charge on any atom is -0.486 e. The highest BCUT2D eigenvalue weighted by molar-refractivity contribution is 5.97. The lowest BCUT2D eigenvalue weighted by Crippen LogP contribution is -2.48. The second-order valence-electron chi connectivity index (χ2n) is 7.59. The first-order chi connectivity index (χ1) is 13.1. The number of hydrogen-bond donors (Lipinski definition) is 1. The number of hydrogen-bond acceptors (Lipinski definition) is 4. The van der Waals surface area contributed by atoms with Gasteiger partial charge < -0.3 is 24.6 Å². The number of anilines is 1. The summed E-state index contributed by atoms with van der Waals surface area (Å²) >= 11 is 0. The average molecular weight is 373 g/mol. The van der Waals surface area contributed by atoms with E-state index in [1.807, 2.05) is 30.1 Å². The van der Waals surface area contributed by atoms with Crippen molar-refractivity contribution in [2.75, 3.05) is 31.7 Å². The van der Waals surface area contributed by atoms with E-state index in [0.717, 1.165) is 18.5 Å². The quantitative estimate of drug-likeness (QED) is 0.884. The van der Waals surface area contributed by atoms with E-state index in [0.29, 0.717) is 43.7 Å². The molecule has 1 saturated heterocycles. The number of carbonyl (C=O) groups is 2. The van der Waals surface area contributed by atoms with Gasteiger partial charge in [0.25, 0.3) is 0 Å². The first-order valence-electron chi connectivity index (χ1n) is 9.85. The zero-order chi connectivity index (χ0) is 18.8. The summed E-state index contributed by atoms with van der Waals surface area (Å²) in [5.74, 6) is 1.38. The van der Waals surface area contributed by atoms with E-state index in [9.17, 15) is 9.59 Å². The highest BCUT2D eigenvalue weighted by Crippen LogP contribution is 2.35. The number of nitrogens with one attached hydrogen (secondary N) is 1. The van der Waals surface area contributed by atoms with E-state index >= 15 is 0 Å². The molecule has 3 amide bonds. The van der Waals surface area contributed by atoms with Gasteiger partial charge >= 0.3 is 6.03 Å². The maximum atomic E-state index is 12.6. The number of urea groups is 1. The Morgan fingerprint density at radius 3 is 2.67 bits per heavy atom. The van der Waals surface area contributed by atoms with Gasteiger partial charge in [-0.1, -0.05) is 19.3 Å². The summed E-state index contributed by atoms with van der Waals surface area (Å²) in [5.41, 5.74) is 0.779. The molecule has 0 aromatic heterocycles. The number of carbonyl (C=O) groups excluding carboxylic acids is 2. The molecule has 0 bridgehead atoms. The Hall–Kier alpha value is -2.44. The predicted octanol–water partition coefficient (Wildman–Crippen LogP) is 2.54. The van der Waals surface area contributed by atoms with Gasteiger partial charge in [0.05, 0.1) is 6.04 Å². The van der Waals surface area contributed by atoms with Crippen LogP contribution in [0.3, 0.4) is 0 Å². The number of rotatable bonds is 3. The second kappa shape index (κ2) is 7.66. The van der Waals surface area contributed by atoms with E-state index in [4.69, 9.17) is 9.47 Å². The Morgan fingerprint density at radius 2 is 1.89 bits per heavy atom. The molecule has 1 aromatic carbocycles. The summed E-state index contributed by atoms with van der Waals surface area (Å²) in [6.45, 7) is 1.52. The molecule has 0 unspecified atom stereocenters. The molecular formula is C20H27N3O4. The van der Waals surface area contributed by atoms with E-state index in [2.05, 4.69) is 5.32 Å². The molecule has 27 heavy (non-hydrogen) atoms. The number of nitrogens with zero attached hydrogens (tertiary/aromatic N) is 2. The molecule has 1 aliphatic carbocycles. The average Bonchev–Trinajstić information content (AvgIpc) is 3.07. The maximum absolute atomic E-state index is 12.6. The normalized spacial score (nSPS) is 22.6. The lowest BCUT2D eigenvalue weighted by molar-refractivity contribution is -0.117. The molecule has 7 heteroatoms. The van der Waals surface area contributed by atoms with E-state index in [-0.39, 0.29) is 18.0 Å². The molecule has 2 aliphatic heterocycles. The van der Waals surface area contributed by atoms with Crippen molar-refractivity contribution in [1.29, 1.82) is 0 Å². The Morgan fingerprint density at radius 1 is 1.15 bits per heavy atom. The van der Waals surface area contributed by atoms with Crippen molar-refractivity contribution < 1.29 is 19.1 Å². The summed E-state index contributed by atoms with van der Waals surface area (Å²) in [7, 11) is 1.86. The standard InChI is InChI=1S/C20H27N3O4/c1-22(15-5-3-2-4-6-15)20(25)21-14-11-19(24)23(13-14)16-7-8-17-18(12-16)27-10-9-26-17/h7-8,12,14-15H,2-6,9-11,13H2,1H3,(H,21,25)/t14-/m1/s1. The fraction of sp³-hybridized carbons (Fsp3) is 0.600. The maximum Gasteiger partial charge on any atom is 0.317 e. The SMILES string of the molecule is CN(C(=O)N[C@@H]1CC(=O)N(c2ccc3c(c2)OCCO3)C1)C1CCCCC1. The van der Waals surface area contributed by atoms with Crippen molar-refractivity contribution in [2.45, 2.75) is 50.6 Å². The summed E-state index contributed by atoms with van der Waals surface area (Å²) in [5, 5.41) is 3.04. The Balaban J connectivity index is 1.38. The number of fused-ring (bicyclic) bond motifs is 1. The van der Waals surface area contributed by atoms with Crippen LogP contribution in [0, 0.1) is 0 Å². The fourth-order valence-corrected chi connectivity index (χ4v) is 4.16. The molecule has 0 radical (unpaired) electrons. The van der Waals surface area contributed by atoms with Gasteiger partial charge in [0, 0.05) is 37.8 Å². The second-order valence-corrected chi connectivity index (χ2v) is 7.59. The third-order valence-electron chi connectivity index (χ3n) is 5.73. The molecule has 1 saturated carbocycles. The van der Waals surface area contributed by atoms with E-state index in [1.165, 1.54) is 19.3 Å². The lowest BCUT2D eigenvalue weighted by atomic mass is 9.95. The molecule has 2 fully saturated rings. The Bertz CT molecular complexity index is 717. The molecule has 4 rings (SSSR count). The smallest absolute Gasteiger partial charge is 0.317 e. The van der Waals surface area contributed by atoms with Crippen LogP contribution in [0.5, 0.6) is 11.5 Å². The summed E-state index contributed by atoms with van der Waals surface area (Å²) in [6.07, 6.45) is 6.07. The van der Waals surface area contributed by atoms with E-state index < -0.39 is 0 Å². The van der Waals surface area contributed by atoms with Crippen molar-refractivity contribution in [3.63, 3.8) is 0 Å². The highest BCUT2D eigenvalue weighted by Gasteiger charge is 2.33. The topological polar surface area (TPSA) is 71.1 Å². The minimum atomic E-state index is -0.177. The van der Waals surface area contributed by atoms with Crippen molar-refractivity contribution in [2.24, 2.45) is 0 Å². The first kappa shape index (κ1) is 17.9. The van der Waals surface area contributed by atoms with Gasteiger partial charge in [-0.25, -0.2) is 4.79 Å². The first-order valence-corrected chi connectivity index (χ1v) is 9.85. The van der Waals surface area contributed by atoms with Crippen LogP contribution in [-0.2, 0) is 4.79 Å². The van der Waals surface area contributed by atoms with Gasteiger partial charge in [-0.3, -0.25) is 4.79 Å². The monoisotopic (exact) mass is 373 g/mol. The summed E-state index contributed by atoms with van der Waals surface area (Å²) in [4.78, 5) is 28.6. The number of amides is 3. The van der Waals surface area contributed by atoms with Crippen molar-refractivity contribution in [3.05, 3.63) is 18.2 Å². The largest absolute Gasteiger partial charge is 0.486 e. The molecule has 146 valence electrons. The molecule has 3 aliphatic rings. The van der Waals surface area contributed by atoms with Crippen LogP contribution in [0.25, 0.3) is 0 Å². The van der Waals surface area contributed by atoms with Crippen LogP contribution in [0.15, 0.2) is 18.2 Å². The molecule has 1 aromatic rings. The van der Waals surface area contributed by atoms with Gasteiger partial charge in [-0.05, 0) is 25.0 Å². The van der Waals surface area contributed by atoms with Gasteiger partial charge in [0.15, 0.2) is 11.5 Å². The Labute approximate surface area is 159 Å². The highest BCUT2D eigenvalue weighted by atomic mass is 16.6. The van der Waals surface area contributed by atoms with Crippen LogP contribution in [0.4, 0.5) is 10.5 Å². The van der Waals surface area contributed by atoms with Crippen LogP contribution in [0.1, 0.15) is 38.5 Å². The van der Waals surface area contributed by atoms with Gasteiger partial charge in [-0.15, -0.1) is 0 Å². The predicted molar refractivity (Wildman–Crippen MR) is 101 cm³/mol. The van der Waals surface area contributed by atoms with Gasteiger partial charge in [0.2, 0.25) is 5.91 Å². The third-order valence-corrected chi connectivity index (χ3v) is 5.73. The van der Waals surface area contributed by atoms with Crippen molar-refractivity contribution >= 4 is 17.6 Å². The number of benzene rings is 1. The third kappa shape index (κ3) is 3.82. The molecule has 1 atom stereocenters. The van der Waals surface area contributed by atoms with Crippen LogP contribution in [0.2, 0.25) is 0 Å². The van der Waals surface area contributed by atoms with Crippen molar-refractivity contribution in [1.82, 2.24) is 10.2 Å². The minimum absolute atomic E-state index is 0.0114. The van der Waals surface area contributed by atoms with Crippen molar-refractivity contribution in [3.8, 4) is 11.5 Å². The van der Waals surface area contributed by atoms with Crippen LogP contribution in [-0.4, -0.2) is 55.7 Å². The molecule has 2 heterocycles. The van der Waals surface area contributed by atoms with Gasteiger partial charge in [-0.2, -0.15) is 0 Å². The van der Waals surface area contributed by atoms with Crippen LogP contribution < -0.4 is 19.7 Å². The Kier molecular flexibility index (Phi) is 5.09. The zero-order valence-electron chi connectivity index (χ0n) is 15.8. The summed E-state index contributed by atoms with van der Waals surface area (Å²) in [6, 6.07) is 5.59. The summed E-state index contributed by atoms with van der Waals surface area (Å²) < 4.78 is 11.1. The van der Waals surface area contributed by atoms with Gasteiger partial charge in [0.1, 0.15) is 13.2 Å². The molecule has 1 N–H and O–H groups in total.